The lowest BCUT2D eigenvalue weighted by molar-refractivity contribution is -0.130. The first kappa shape index (κ1) is 14.7. The third-order valence-corrected chi connectivity index (χ3v) is 4.23. The number of rotatable bonds is 4. The van der Waals surface area contributed by atoms with Gasteiger partial charge in [0, 0.05) is 12.1 Å². The summed E-state index contributed by atoms with van der Waals surface area (Å²) in [6, 6.07) is 9.34. The number of amides is 2. The molecule has 0 radical (unpaired) electrons. The summed E-state index contributed by atoms with van der Waals surface area (Å²) in [5.41, 5.74) is 3.69. The van der Waals surface area contributed by atoms with Gasteiger partial charge in [0.15, 0.2) is 0 Å². The third-order valence-electron chi connectivity index (χ3n) is 3.40. The highest BCUT2D eigenvalue weighted by Gasteiger charge is 2.24. The molecule has 2 aromatic rings. The second kappa shape index (κ2) is 6.67. The quantitative estimate of drug-likeness (QED) is 0.768. The lowest BCUT2D eigenvalue weighted by atomic mass is 10.1. The maximum Gasteiger partial charge on any atom is 0.244 e. The minimum absolute atomic E-state index is 0.158. The van der Waals surface area contributed by atoms with Crippen LogP contribution in [0.25, 0.3) is 11.3 Å². The number of hydrogen-bond acceptors (Lipinski definition) is 5. The number of piperazine rings is 1. The summed E-state index contributed by atoms with van der Waals surface area (Å²) in [7, 11) is 0. The molecule has 2 amide bonds. The van der Waals surface area contributed by atoms with E-state index in [9.17, 15) is 9.59 Å². The second-order valence-corrected chi connectivity index (χ2v) is 5.90. The van der Waals surface area contributed by atoms with Crippen LogP contribution in [0.2, 0.25) is 0 Å². The molecule has 1 aromatic carbocycles. The van der Waals surface area contributed by atoms with Crippen molar-refractivity contribution in [2.45, 2.75) is 12.6 Å². The number of aromatic nitrogens is 1. The number of hydrogen-bond donors (Lipinski definition) is 3. The van der Waals surface area contributed by atoms with E-state index >= 15 is 0 Å². The van der Waals surface area contributed by atoms with Crippen LogP contribution >= 0.6 is 11.3 Å². The van der Waals surface area contributed by atoms with Crippen LogP contribution < -0.4 is 16.0 Å². The molecule has 2 heterocycles. The van der Waals surface area contributed by atoms with E-state index in [4.69, 9.17) is 0 Å². The Morgan fingerprint density at radius 1 is 1.36 bits per heavy atom. The molecule has 1 aliphatic heterocycles. The van der Waals surface area contributed by atoms with E-state index in [1.54, 1.807) is 5.51 Å². The van der Waals surface area contributed by atoms with E-state index in [0.717, 1.165) is 16.1 Å². The molecule has 0 saturated carbocycles. The zero-order chi connectivity index (χ0) is 15.4. The molecule has 114 valence electrons. The Kier molecular flexibility index (Phi) is 4.45. The predicted molar refractivity (Wildman–Crippen MR) is 84.2 cm³/mol. The summed E-state index contributed by atoms with van der Waals surface area (Å²) in [5.74, 6) is -0.345. The summed E-state index contributed by atoms with van der Waals surface area (Å²) >= 11 is 1.50. The average molecular weight is 316 g/mol. The molecule has 0 bridgehead atoms. The minimum atomic E-state index is -0.519. The first-order valence-corrected chi connectivity index (χ1v) is 7.87. The third kappa shape index (κ3) is 3.32. The monoisotopic (exact) mass is 316 g/mol. The Hall–Kier alpha value is -2.25. The van der Waals surface area contributed by atoms with Crippen molar-refractivity contribution in [2.75, 3.05) is 13.1 Å². The molecule has 3 N–H and O–H groups in total. The van der Waals surface area contributed by atoms with Gasteiger partial charge in [0.25, 0.3) is 0 Å². The fourth-order valence-corrected chi connectivity index (χ4v) is 3.03. The minimum Gasteiger partial charge on any atom is -0.349 e. The van der Waals surface area contributed by atoms with Crippen molar-refractivity contribution in [1.82, 2.24) is 20.9 Å². The average Bonchev–Trinajstić information content (AvgIpc) is 3.02. The smallest absolute Gasteiger partial charge is 0.244 e. The largest absolute Gasteiger partial charge is 0.349 e. The Morgan fingerprint density at radius 2 is 2.18 bits per heavy atom. The van der Waals surface area contributed by atoms with Crippen molar-refractivity contribution < 1.29 is 9.59 Å². The lowest BCUT2D eigenvalue weighted by Crippen LogP contribution is -2.58. The topological polar surface area (TPSA) is 83.1 Å². The van der Waals surface area contributed by atoms with Crippen molar-refractivity contribution >= 4 is 23.2 Å². The highest BCUT2D eigenvalue weighted by Crippen LogP contribution is 2.24. The van der Waals surface area contributed by atoms with Crippen LogP contribution in [0.1, 0.15) is 4.88 Å². The summed E-state index contributed by atoms with van der Waals surface area (Å²) in [6.45, 7) is 1.11. The normalized spacial score (nSPS) is 17.8. The number of benzene rings is 1. The molecular weight excluding hydrogens is 300 g/mol. The van der Waals surface area contributed by atoms with Crippen molar-refractivity contribution in [2.24, 2.45) is 0 Å². The van der Waals surface area contributed by atoms with Gasteiger partial charge in [0.2, 0.25) is 11.8 Å². The van der Waals surface area contributed by atoms with Crippen molar-refractivity contribution in [3.05, 3.63) is 40.7 Å². The number of carbonyl (C=O) groups excluding carboxylic acids is 2. The van der Waals surface area contributed by atoms with E-state index < -0.39 is 6.04 Å². The zero-order valence-corrected chi connectivity index (χ0v) is 12.7. The van der Waals surface area contributed by atoms with Crippen molar-refractivity contribution in [1.29, 1.82) is 0 Å². The Labute approximate surface area is 132 Å². The van der Waals surface area contributed by atoms with Crippen LogP contribution in [0, 0.1) is 0 Å². The van der Waals surface area contributed by atoms with Gasteiger partial charge in [-0.05, 0) is 0 Å². The molecule has 1 unspecified atom stereocenters. The van der Waals surface area contributed by atoms with Gasteiger partial charge in [-0.2, -0.15) is 0 Å². The van der Waals surface area contributed by atoms with Gasteiger partial charge in [-0.15, -0.1) is 11.3 Å². The summed E-state index contributed by atoms with van der Waals surface area (Å²) in [5, 5.41) is 8.44. The van der Waals surface area contributed by atoms with Gasteiger partial charge in [-0.3, -0.25) is 9.59 Å². The first-order valence-electron chi connectivity index (χ1n) is 6.99. The molecule has 3 rings (SSSR count). The molecule has 0 aliphatic carbocycles. The van der Waals surface area contributed by atoms with E-state index in [0.29, 0.717) is 13.1 Å². The van der Waals surface area contributed by atoms with E-state index in [1.807, 2.05) is 30.3 Å². The van der Waals surface area contributed by atoms with Gasteiger partial charge in [0.1, 0.15) is 6.04 Å². The Bertz CT molecular complexity index is 671. The lowest BCUT2D eigenvalue weighted by Gasteiger charge is -2.23. The van der Waals surface area contributed by atoms with E-state index in [1.165, 1.54) is 11.3 Å². The molecule has 1 saturated heterocycles. The van der Waals surface area contributed by atoms with Crippen LogP contribution in [0.4, 0.5) is 0 Å². The molecule has 1 atom stereocenters. The molecular formula is C15H16N4O2S. The molecule has 1 fully saturated rings. The fourth-order valence-electron chi connectivity index (χ4n) is 2.30. The van der Waals surface area contributed by atoms with Gasteiger partial charge in [-0.25, -0.2) is 4.98 Å². The van der Waals surface area contributed by atoms with Gasteiger partial charge >= 0.3 is 0 Å². The second-order valence-electron chi connectivity index (χ2n) is 4.96. The van der Waals surface area contributed by atoms with Gasteiger partial charge < -0.3 is 16.0 Å². The summed E-state index contributed by atoms with van der Waals surface area (Å²) < 4.78 is 0. The van der Waals surface area contributed by atoms with Crippen molar-refractivity contribution in [3.8, 4) is 11.3 Å². The predicted octanol–water partition coefficient (Wildman–Crippen LogP) is 0.514. The van der Waals surface area contributed by atoms with Crippen LogP contribution in [-0.2, 0) is 16.1 Å². The number of nitrogens with one attached hydrogen (secondary N) is 3. The molecule has 7 heteroatoms. The van der Waals surface area contributed by atoms with E-state index in [-0.39, 0.29) is 18.4 Å². The van der Waals surface area contributed by atoms with E-state index in [2.05, 4.69) is 20.9 Å². The molecule has 6 nitrogen and oxygen atoms in total. The maximum atomic E-state index is 12.1. The van der Waals surface area contributed by atoms with Gasteiger partial charge in [0.05, 0.1) is 29.2 Å². The maximum absolute atomic E-state index is 12.1. The number of nitrogens with zero attached hydrogens (tertiary/aromatic N) is 1. The van der Waals surface area contributed by atoms with Crippen molar-refractivity contribution in [3.63, 3.8) is 0 Å². The SMILES string of the molecule is O=C1CNCC(C(=O)NCc2scnc2-c2ccccc2)N1. The highest BCUT2D eigenvalue weighted by molar-refractivity contribution is 7.10. The highest BCUT2D eigenvalue weighted by atomic mass is 32.1. The first-order chi connectivity index (χ1) is 10.7. The fraction of sp³-hybridized carbons (Fsp3) is 0.267. The molecule has 0 spiro atoms. The molecule has 1 aliphatic rings. The molecule has 1 aromatic heterocycles. The Balaban J connectivity index is 1.64. The standard InChI is InChI=1S/C15H16N4O2S/c20-13-8-16-6-11(19-13)15(21)17-7-12-14(18-9-22-12)10-4-2-1-3-5-10/h1-5,9,11,16H,6-8H2,(H,17,21)(H,19,20). The van der Waals surface area contributed by atoms with Crippen LogP contribution in [0.3, 0.4) is 0 Å². The van der Waals surface area contributed by atoms with Crippen LogP contribution in [-0.4, -0.2) is 35.9 Å². The summed E-state index contributed by atoms with van der Waals surface area (Å²) in [6.07, 6.45) is 0. The number of thiazole rings is 1. The van der Waals surface area contributed by atoms with Crippen LogP contribution in [0.15, 0.2) is 35.8 Å². The summed E-state index contributed by atoms with van der Waals surface area (Å²) in [4.78, 5) is 28.8. The van der Waals surface area contributed by atoms with Gasteiger partial charge in [-0.1, -0.05) is 30.3 Å². The van der Waals surface area contributed by atoms with Crippen LogP contribution in [0.5, 0.6) is 0 Å². The number of carbonyl (C=O) groups is 2. The molecule has 22 heavy (non-hydrogen) atoms. The Morgan fingerprint density at radius 3 is 2.95 bits per heavy atom. The zero-order valence-electron chi connectivity index (χ0n) is 11.8.